The fraction of sp³-hybridized carbons (Fsp3) is 0.308. The minimum absolute atomic E-state index is 0.631. The van der Waals surface area contributed by atoms with Crippen molar-refractivity contribution < 1.29 is 9.26 Å². The van der Waals surface area contributed by atoms with Crippen LogP contribution in [0.25, 0.3) is 0 Å². The van der Waals surface area contributed by atoms with Gasteiger partial charge in [0, 0.05) is 24.9 Å². The van der Waals surface area contributed by atoms with Crippen molar-refractivity contribution in [3.05, 3.63) is 35.7 Å². The zero-order chi connectivity index (χ0) is 13.1. The van der Waals surface area contributed by atoms with Crippen LogP contribution in [-0.4, -0.2) is 19.3 Å². The summed E-state index contributed by atoms with van der Waals surface area (Å²) in [7, 11) is 3.59. The van der Waals surface area contributed by atoms with Gasteiger partial charge in [0.25, 0.3) is 0 Å². The molecule has 0 atom stereocenters. The lowest BCUT2D eigenvalue weighted by Crippen LogP contribution is -2.16. The predicted molar refractivity (Wildman–Crippen MR) is 70.8 cm³/mol. The van der Waals surface area contributed by atoms with Crippen molar-refractivity contribution in [3.63, 3.8) is 0 Å². The maximum absolute atomic E-state index is 5.79. The molecule has 0 amide bonds. The molecule has 0 aliphatic carbocycles. The largest absolute Gasteiger partial charge is 0.495 e. The summed E-state index contributed by atoms with van der Waals surface area (Å²) in [5.41, 5.74) is 8.33. The first-order valence-electron chi connectivity index (χ1n) is 5.67. The lowest BCUT2D eigenvalue weighted by atomic mass is 10.2. The number of nitrogens with two attached hydrogens (primary N) is 1. The lowest BCUT2D eigenvalue weighted by Gasteiger charge is -2.19. The molecule has 2 N–H and O–H groups in total. The number of hydrogen-bond acceptors (Lipinski definition) is 5. The standard InChI is InChI=1S/C13H17N3O2/c1-9-6-10(15-18-9)8-16(2)11-4-5-12(14)13(7-11)17-3/h4-7H,8,14H2,1-3H3. The van der Waals surface area contributed by atoms with E-state index in [0.717, 1.165) is 17.1 Å². The maximum Gasteiger partial charge on any atom is 0.143 e. The molecule has 18 heavy (non-hydrogen) atoms. The van der Waals surface area contributed by atoms with Crippen molar-refractivity contribution in [1.82, 2.24) is 5.16 Å². The molecule has 0 unspecified atom stereocenters. The molecule has 2 rings (SSSR count). The Morgan fingerprint density at radius 2 is 2.17 bits per heavy atom. The fourth-order valence-electron chi connectivity index (χ4n) is 1.76. The Kier molecular flexibility index (Phi) is 3.41. The van der Waals surface area contributed by atoms with Gasteiger partial charge in [-0.05, 0) is 19.1 Å². The number of aryl methyl sites for hydroxylation is 1. The Bertz CT molecular complexity index is 537. The summed E-state index contributed by atoms with van der Waals surface area (Å²) in [6, 6.07) is 7.61. The van der Waals surface area contributed by atoms with Crippen LogP contribution < -0.4 is 15.4 Å². The summed E-state index contributed by atoms with van der Waals surface area (Å²) in [5.74, 6) is 1.49. The van der Waals surface area contributed by atoms with Crippen molar-refractivity contribution in [2.24, 2.45) is 0 Å². The number of nitrogens with zero attached hydrogens (tertiary/aromatic N) is 2. The Morgan fingerprint density at radius 1 is 1.39 bits per heavy atom. The van der Waals surface area contributed by atoms with Gasteiger partial charge >= 0.3 is 0 Å². The van der Waals surface area contributed by atoms with Crippen LogP contribution in [0.5, 0.6) is 5.75 Å². The van der Waals surface area contributed by atoms with Crippen LogP contribution in [0.3, 0.4) is 0 Å². The van der Waals surface area contributed by atoms with E-state index >= 15 is 0 Å². The first kappa shape index (κ1) is 12.3. The zero-order valence-electron chi connectivity index (χ0n) is 10.8. The van der Waals surface area contributed by atoms with Crippen molar-refractivity contribution in [3.8, 4) is 5.75 Å². The van der Waals surface area contributed by atoms with Crippen molar-refractivity contribution >= 4 is 11.4 Å². The number of anilines is 2. The van der Waals surface area contributed by atoms with Gasteiger partial charge in [0.15, 0.2) is 0 Å². The van der Waals surface area contributed by atoms with Gasteiger partial charge in [-0.2, -0.15) is 0 Å². The highest BCUT2D eigenvalue weighted by Crippen LogP contribution is 2.27. The Morgan fingerprint density at radius 3 is 2.78 bits per heavy atom. The highest BCUT2D eigenvalue weighted by molar-refractivity contribution is 5.62. The maximum atomic E-state index is 5.79. The number of benzene rings is 1. The second-order valence-corrected chi connectivity index (χ2v) is 4.21. The molecule has 1 aromatic carbocycles. The molecular weight excluding hydrogens is 230 g/mol. The first-order valence-corrected chi connectivity index (χ1v) is 5.67. The fourth-order valence-corrected chi connectivity index (χ4v) is 1.76. The summed E-state index contributed by atoms with van der Waals surface area (Å²) < 4.78 is 10.2. The summed E-state index contributed by atoms with van der Waals surface area (Å²) >= 11 is 0. The average Bonchev–Trinajstić information content (AvgIpc) is 2.75. The monoisotopic (exact) mass is 247 g/mol. The Hall–Kier alpha value is -2.17. The van der Waals surface area contributed by atoms with Gasteiger partial charge in [0.2, 0.25) is 0 Å². The van der Waals surface area contributed by atoms with Crippen LogP contribution in [-0.2, 0) is 6.54 Å². The third-order valence-corrected chi connectivity index (χ3v) is 2.73. The van der Waals surface area contributed by atoms with Crippen molar-refractivity contribution in [2.45, 2.75) is 13.5 Å². The molecule has 0 radical (unpaired) electrons. The zero-order valence-corrected chi connectivity index (χ0v) is 10.8. The smallest absolute Gasteiger partial charge is 0.143 e. The number of hydrogen-bond donors (Lipinski definition) is 1. The van der Waals surface area contributed by atoms with E-state index in [0.29, 0.717) is 18.0 Å². The molecule has 0 saturated heterocycles. The molecule has 1 heterocycles. The van der Waals surface area contributed by atoms with E-state index in [2.05, 4.69) is 10.1 Å². The third kappa shape index (κ3) is 2.56. The summed E-state index contributed by atoms with van der Waals surface area (Å²) in [6.45, 7) is 2.55. The first-order chi connectivity index (χ1) is 8.60. The van der Waals surface area contributed by atoms with Crippen molar-refractivity contribution in [1.29, 1.82) is 0 Å². The highest BCUT2D eigenvalue weighted by Gasteiger charge is 2.08. The molecule has 1 aromatic heterocycles. The number of ether oxygens (including phenoxy) is 1. The summed E-state index contributed by atoms with van der Waals surface area (Å²) in [6.07, 6.45) is 0. The van der Waals surface area contributed by atoms with E-state index in [1.807, 2.05) is 38.2 Å². The molecule has 0 spiro atoms. The number of rotatable bonds is 4. The second-order valence-electron chi connectivity index (χ2n) is 4.21. The third-order valence-electron chi connectivity index (χ3n) is 2.73. The van der Waals surface area contributed by atoms with Gasteiger partial charge in [0.1, 0.15) is 17.2 Å². The minimum Gasteiger partial charge on any atom is -0.495 e. The van der Waals surface area contributed by atoms with Crippen LogP contribution in [0.4, 0.5) is 11.4 Å². The van der Waals surface area contributed by atoms with Gasteiger partial charge in [-0.25, -0.2) is 0 Å². The number of aromatic nitrogens is 1. The predicted octanol–water partition coefficient (Wildman–Crippen LogP) is 2.21. The molecular formula is C13H17N3O2. The van der Waals surface area contributed by atoms with Gasteiger partial charge in [-0.3, -0.25) is 0 Å². The highest BCUT2D eigenvalue weighted by atomic mass is 16.5. The second kappa shape index (κ2) is 5.00. The van der Waals surface area contributed by atoms with E-state index in [-0.39, 0.29) is 0 Å². The van der Waals surface area contributed by atoms with Crippen molar-refractivity contribution in [2.75, 3.05) is 24.8 Å². The normalized spacial score (nSPS) is 10.4. The van der Waals surface area contributed by atoms with Crippen LogP contribution >= 0.6 is 0 Å². The van der Waals surface area contributed by atoms with Crippen LogP contribution in [0, 0.1) is 6.92 Å². The minimum atomic E-state index is 0.631. The molecule has 96 valence electrons. The van der Waals surface area contributed by atoms with Gasteiger partial charge in [-0.15, -0.1) is 0 Å². The summed E-state index contributed by atoms with van der Waals surface area (Å²) in [4.78, 5) is 2.05. The van der Waals surface area contributed by atoms with E-state index < -0.39 is 0 Å². The molecule has 2 aromatic rings. The van der Waals surface area contributed by atoms with E-state index in [1.54, 1.807) is 7.11 Å². The summed E-state index contributed by atoms with van der Waals surface area (Å²) in [5, 5.41) is 3.97. The molecule has 5 heteroatoms. The Balaban J connectivity index is 2.15. The molecule has 0 aliphatic rings. The van der Waals surface area contributed by atoms with Gasteiger partial charge in [0.05, 0.1) is 19.3 Å². The molecule has 0 saturated carbocycles. The van der Waals surface area contributed by atoms with Crippen LogP contribution in [0.1, 0.15) is 11.5 Å². The van der Waals surface area contributed by atoms with E-state index in [1.165, 1.54) is 0 Å². The molecule has 0 aliphatic heterocycles. The SMILES string of the molecule is COc1cc(N(C)Cc2cc(C)on2)ccc1N. The van der Waals surface area contributed by atoms with E-state index in [4.69, 9.17) is 15.0 Å². The van der Waals surface area contributed by atoms with Crippen LogP contribution in [0.2, 0.25) is 0 Å². The topological polar surface area (TPSA) is 64.5 Å². The Labute approximate surface area is 106 Å². The molecule has 5 nitrogen and oxygen atoms in total. The molecule has 0 fully saturated rings. The number of methoxy groups -OCH3 is 1. The molecule has 0 bridgehead atoms. The van der Waals surface area contributed by atoms with Gasteiger partial charge in [-0.1, -0.05) is 5.16 Å². The average molecular weight is 247 g/mol. The van der Waals surface area contributed by atoms with Crippen LogP contribution in [0.15, 0.2) is 28.8 Å². The van der Waals surface area contributed by atoms with E-state index in [9.17, 15) is 0 Å². The lowest BCUT2D eigenvalue weighted by molar-refractivity contribution is 0.390. The van der Waals surface area contributed by atoms with Gasteiger partial charge < -0.3 is 19.9 Å². The quantitative estimate of drug-likeness (QED) is 0.839. The number of nitrogen functional groups attached to an aromatic ring is 1.